The van der Waals surface area contributed by atoms with E-state index in [1.807, 2.05) is 0 Å². The molecule has 0 bridgehead atoms. The molecule has 0 aliphatic rings. The zero-order valence-electron chi connectivity index (χ0n) is 10.1. The molecule has 102 valence electrons. The first-order valence-electron chi connectivity index (χ1n) is 5.39. The molecule has 0 amide bonds. The lowest BCUT2D eigenvalue weighted by Gasteiger charge is -2.24. The number of nitrogens with two attached hydrogens (primary N) is 1. The van der Waals surface area contributed by atoms with Gasteiger partial charge in [0.25, 0.3) is 0 Å². The van der Waals surface area contributed by atoms with Crippen molar-refractivity contribution in [3.8, 4) is 0 Å². The molecule has 1 aromatic heterocycles. The molecule has 18 heavy (non-hydrogen) atoms. The SMILES string of the molecule is CCOP(=O)(OCC)[C@H](N)c1c(Cl)cncc1Cl. The summed E-state index contributed by atoms with van der Waals surface area (Å²) in [5.41, 5.74) is 6.26. The predicted octanol–water partition coefficient (Wildman–Crippen LogP) is 3.61. The Morgan fingerprint density at radius 1 is 1.28 bits per heavy atom. The molecule has 0 radical (unpaired) electrons. The number of nitrogens with zero attached hydrogens (tertiary/aromatic N) is 1. The number of halogens is 2. The van der Waals surface area contributed by atoms with Crippen LogP contribution < -0.4 is 5.73 Å². The fourth-order valence-electron chi connectivity index (χ4n) is 1.42. The number of hydrogen-bond acceptors (Lipinski definition) is 5. The van der Waals surface area contributed by atoms with Crippen molar-refractivity contribution in [3.63, 3.8) is 0 Å². The third kappa shape index (κ3) is 3.44. The van der Waals surface area contributed by atoms with Gasteiger partial charge in [-0.15, -0.1) is 0 Å². The van der Waals surface area contributed by atoms with Gasteiger partial charge in [0.15, 0.2) is 0 Å². The van der Waals surface area contributed by atoms with Gasteiger partial charge < -0.3 is 14.8 Å². The summed E-state index contributed by atoms with van der Waals surface area (Å²) in [6, 6.07) is 0. The zero-order valence-corrected chi connectivity index (χ0v) is 12.5. The van der Waals surface area contributed by atoms with Crippen LogP contribution in [0, 0.1) is 0 Å². The Kier molecular flexibility index (Phi) is 6.05. The highest BCUT2D eigenvalue weighted by atomic mass is 35.5. The molecule has 0 saturated carbocycles. The van der Waals surface area contributed by atoms with Crippen LogP contribution >= 0.6 is 30.8 Å². The molecule has 1 aromatic rings. The number of pyridine rings is 1. The maximum atomic E-state index is 12.5. The predicted molar refractivity (Wildman–Crippen MR) is 72.0 cm³/mol. The maximum Gasteiger partial charge on any atom is 0.351 e. The molecule has 5 nitrogen and oxygen atoms in total. The van der Waals surface area contributed by atoms with E-state index in [9.17, 15) is 4.57 Å². The van der Waals surface area contributed by atoms with Gasteiger partial charge in [-0.05, 0) is 13.8 Å². The third-order valence-electron chi connectivity index (χ3n) is 2.14. The minimum Gasteiger partial charge on any atom is -0.314 e. The summed E-state index contributed by atoms with van der Waals surface area (Å²) < 4.78 is 22.8. The van der Waals surface area contributed by atoms with Crippen LogP contribution in [-0.4, -0.2) is 18.2 Å². The van der Waals surface area contributed by atoms with Crippen LogP contribution in [0.25, 0.3) is 0 Å². The first-order chi connectivity index (χ1) is 8.46. The normalized spacial score (nSPS) is 13.6. The van der Waals surface area contributed by atoms with E-state index >= 15 is 0 Å². The largest absolute Gasteiger partial charge is 0.351 e. The molecule has 1 rings (SSSR count). The zero-order chi connectivity index (χ0) is 13.8. The standard InChI is InChI=1S/C10H15Cl2N2O3P/c1-3-16-18(15,17-4-2)10(13)9-7(11)5-14-6-8(9)12/h5-6,10H,3-4,13H2,1-2H3/t10-/m0/s1. The molecule has 1 heterocycles. The molecule has 0 unspecified atom stereocenters. The van der Waals surface area contributed by atoms with Crippen molar-refractivity contribution in [1.82, 2.24) is 4.98 Å². The minimum atomic E-state index is -3.51. The highest BCUT2D eigenvalue weighted by Gasteiger charge is 2.36. The third-order valence-corrected chi connectivity index (χ3v) is 4.92. The van der Waals surface area contributed by atoms with Gasteiger partial charge in [0, 0.05) is 18.0 Å². The lowest BCUT2D eigenvalue weighted by Crippen LogP contribution is -2.16. The summed E-state index contributed by atoms with van der Waals surface area (Å²) in [4.78, 5) is 3.81. The molecule has 0 aliphatic heterocycles. The molecule has 8 heteroatoms. The Morgan fingerprint density at radius 2 is 1.72 bits per heavy atom. The lowest BCUT2D eigenvalue weighted by atomic mass is 10.3. The molecule has 0 spiro atoms. The average molecular weight is 313 g/mol. The van der Waals surface area contributed by atoms with E-state index in [0.29, 0.717) is 5.56 Å². The van der Waals surface area contributed by atoms with E-state index in [4.69, 9.17) is 38.0 Å². The van der Waals surface area contributed by atoms with Crippen molar-refractivity contribution in [3.05, 3.63) is 28.0 Å². The Morgan fingerprint density at radius 3 is 2.11 bits per heavy atom. The highest BCUT2D eigenvalue weighted by molar-refractivity contribution is 7.54. The Labute approximate surface area is 116 Å². The second-order valence-corrected chi connectivity index (χ2v) is 6.30. The van der Waals surface area contributed by atoms with Gasteiger partial charge in [-0.1, -0.05) is 23.2 Å². The van der Waals surface area contributed by atoms with E-state index in [1.54, 1.807) is 13.8 Å². The summed E-state index contributed by atoms with van der Waals surface area (Å²) in [5.74, 6) is -1.04. The van der Waals surface area contributed by atoms with Crippen molar-refractivity contribution in [2.75, 3.05) is 13.2 Å². The van der Waals surface area contributed by atoms with Crippen LogP contribution in [0.15, 0.2) is 12.4 Å². The topological polar surface area (TPSA) is 74.4 Å². The van der Waals surface area contributed by atoms with Gasteiger partial charge >= 0.3 is 7.60 Å². The molecule has 2 N–H and O–H groups in total. The smallest absolute Gasteiger partial charge is 0.314 e. The fraction of sp³-hybridized carbons (Fsp3) is 0.500. The first kappa shape index (κ1) is 15.9. The van der Waals surface area contributed by atoms with Crippen molar-refractivity contribution < 1.29 is 13.6 Å². The van der Waals surface area contributed by atoms with Crippen LogP contribution in [0.4, 0.5) is 0 Å². The summed E-state index contributed by atoms with van der Waals surface area (Å²) in [6.45, 7) is 3.83. The monoisotopic (exact) mass is 312 g/mol. The molecule has 0 fully saturated rings. The number of aromatic nitrogens is 1. The van der Waals surface area contributed by atoms with Crippen molar-refractivity contribution >= 4 is 30.8 Å². The van der Waals surface area contributed by atoms with E-state index in [0.717, 1.165) is 0 Å². The quantitative estimate of drug-likeness (QED) is 0.812. The van der Waals surface area contributed by atoms with Crippen LogP contribution in [0.2, 0.25) is 10.0 Å². The van der Waals surface area contributed by atoms with Gasteiger partial charge in [-0.3, -0.25) is 9.55 Å². The van der Waals surface area contributed by atoms with E-state index < -0.39 is 13.4 Å². The summed E-state index contributed by atoms with van der Waals surface area (Å²) >= 11 is 11.9. The Hall–Kier alpha value is -0.160. The fourth-order valence-corrected chi connectivity index (χ4v) is 3.88. The summed E-state index contributed by atoms with van der Waals surface area (Å²) in [5, 5.41) is 0.462. The summed E-state index contributed by atoms with van der Waals surface area (Å²) in [6.07, 6.45) is 2.76. The van der Waals surface area contributed by atoms with Gasteiger partial charge in [-0.2, -0.15) is 0 Å². The van der Waals surface area contributed by atoms with E-state index in [2.05, 4.69) is 4.98 Å². The minimum absolute atomic E-state index is 0.214. The maximum absolute atomic E-state index is 12.5. The molecular weight excluding hydrogens is 298 g/mol. The van der Waals surface area contributed by atoms with Crippen molar-refractivity contribution in [1.29, 1.82) is 0 Å². The molecular formula is C10H15Cl2N2O3P. The highest BCUT2D eigenvalue weighted by Crippen LogP contribution is 2.59. The average Bonchev–Trinajstić information content (AvgIpc) is 2.29. The van der Waals surface area contributed by atoms with Crippen LogP contribution in [-0.2, 0) is 13.6 Å². The van der Waals surface area contributed by atoms with Gasteiger partial charge in [-0.25, -0.2) is 0 Å². The van der Waals surface area contributed by atoms with Gasteiger partial charge in [0.1, 0.15) is 5.78 Å². The van der Waals surface area contributed by atoms with Gasteiger partial charge in [0.2, 0.25) is 0 Å². The van der Waals surface area contributed by atoms with Crippen molar-refractivity contribution in [2.45, 2.75) is 19.6 Å². The Balaban J connectivity index is 3.17. The van der Waals surface area contributed by atoms with Crippen LogP contribution in [0.5, 0.6) is 0 Å². The molecule has 0 saturated heterocycles. The van der Waals surface area contributed by atoms with Gasteiger partial charge in [0.05, 0.1) is 23.3 Å². The molecule has 1 atom stereocenters. The van der Waals surface area contributed by atoms with Crippen LogP contribution in [0.3, 0.4) is 0 Å². The van der Waals surface area contributed by atoms with Crippen LogP contribution in [0.1, 0.15) is 25.2 Å². The molecule has 0 aliphatic carbocycles. The number of hydrogen-bond donors (Lipinski definition) is 1. The first-order valence-corrected chi connectivity index (χ1v) is 7.76. The second kappa shape index (κ2) is 6.85. The Bertz CT molecular complexity index is 428. The summed E-state index contributed by atoms with van der Waals surface area (Å²) in [7, 11) is -3.51. The van der Waals surface area contributed by atoms with Crippen molar-refractivity contribution in [2.24, 2.45) is 5.73 Å². The van der Waals surface area contributed by atoms with E-state index in [1.165, 1.54) is 12.4 Å². The molecule has 0 aromatic carbocycles. The second-order valence-electron chi connectivity index (χ2n) is 3.34. The van der Waals surface area contributed by atoms with E-state index in [-0.39, 0.29) is 23.3 Å². The number of rotatable bonds is 6. The lowest BCUT2D eigenvalue weighted by molar-refractivity contribution is 0.212.